The molecule has 28 heavy (non-hydrogen) atoms. The lowest BCUT2D eigenvalue weighted by Crippen LogP contribution is -2.22. The number of likely N-dealkylation sites (N-methyl/N-ethyl adjacent to an activating group) is 1. The Labute approximate surface area is 171 Å². The van der Waals surface area contributed by atoms with Crippen molar-refractivity contribution >= 4 is 0 Å². The lowest BCUT2D eigenvalue weighted by molar-refractivity contribution is 0.299. The van der Waals surface area contributed by atoms with Crippen molar-refractivity contribution in [1.82, 2.24) is 4.90 Å². The van der Waals surface area contributed by atoms with Gasteiger partial charge in [0.15, 0.2) is 0 Å². The lowest BCUT2D eigenvalue weighted by Gasteiger charge is -2.19. The molecule has 0 N–H and O–H groups in total. The fourth-order valence-electron chi connectivity index (χ4n) is 2.75. The molecule has 0 aliphatic carbocycles. The lowest BCUT2D eigenvalue weighted by atomic mass is 9.98. The number of rotatable bonds is 8. The van der Waals surface area contributed by atoms with Crippen molar-refractivity contribution in [3.8, 4) is 17.6 Å². The van der Waals surface area contributed by atoms with Gasteiger partial charge in [-0.05, 0) is 69.1 Å². The number of ether oxygens (including phenoxy) is 1. The van der Waals surface area contributed by atoms with Gasteiger partial charge in [0, 0.05) is 18.5 Å². The minimum absolute atomic E-state index is 0.0491. The molecule has 0 fully saturated rings. The Hall–Kier alpha value is -2.50. The van der Waals surface area contributed by atoms with Gasteiger partial charge in [0.05, 0.1) is 0 Å². The van der Waals surface area contributed by atoms with Crippen LogP contribution in [0.15, 0.2) is 60.7 Å². The highest BCUT2D eigenvalue weighted by atomic mass is 16.5. The maximum absolute atomic E-state index is 6.02. The van der Waals surface area contributed by atoms with Crippen LogP contribution in [0, 0.1) is 24.2 Å². The highest BCUT2D eigenvalue weighted by molar-refractivity contribution is 5.30. The fraction of sp³-hybridized carbons (Fsp3) is 0.385. The van der Waals surface area contributed by atoms with Crippen molar-refractivity contribution < 1.29 is 4.74 Å². The van der Waals surface area contributed by atoms with E-state index in [1.807, 2.05) is 12.1 Å². The first kappa shape index (κ1) is 21.8. The Kier molecular flexibility index (Phi) is 8.36. The van der Waals surface area contributed by atoms with E-state index in [0.29, 0.717) is 6.61 Å². The zero-order valence-corrected chi connectivity index (χ0v) is 18.0. The minimum atomic E-state index is 0.0491. The third-order valence-electron chi connectivity index (χ3n) is 4.42. The zero-order chi connectivity index (χ0) is 20.4. The highest BCUT2D eigenvalue weighted by Crippen LogP contribution is 2.18. The van der Waals surface area contributed by atoms with Crippen LogP contribution in [0.2, 0.25) is 0 Å². The molecule has 0 aliphatic heterocycles. The van der Waals surface area contributed by atoms with Gasteiger partial charge in [0.2, 0.25) is 0 Å². The van der Waals surface area contributed by atoms with Crippen LogP contribution in [0.5, 0.6) is 5.75 Å². The third kappa shape index (κ3) is 8.03. The first-order chi connectivity index (χ1) is 13.4. The van der Waals surface area contributed by atoms with Crippen molar-refractivity contribution in [1.29, 1.82) is 0 Å². The van der Waals surface area contributed by atoms with E-state index in [4.69, 9.17) is 4.74 Å². The third-order valence-corrected chi connectivity index (χ3v) is 4.42. The number of aryl methyl sites for hydroxylation is 1. The van der Waals surface area contributed by atoms with Gasteiger partial charge in [-0.3, -0.25) is 4.90 Å². The molecule has 2 rings (SSSR count). The van der Waals surface area contributed by atoms with E-state index in [1.54, 1.807) is 0 Å². The molecule has 2 aromatic carbocycles. The number of nitrogens with zero attached hydrogens (tertiary/aromatic N) is 1. The van der Waals surface area contributed by atoms with Crippen LogP contribution >= 0.6 is 0 Å². The molecule has 0 unspecified atom stereocenters. The van der Waals surface area contributed by atoms with Crippen LogP contribution < -0.4 is 4.74 Å². The quantitative estimate of drug-likeness (QED) is 0.525. The molecule has 2 aromatic rings. The number of benzene rings is 2. The molecule has 0 saturated carbocycles. The summed E-state index contributed by atoms with van der Waals surface area (Å²) in [6.07, 6.45) is 4.11. The molecule has 0 aliphatic rings. The summed E-state index contributed by atoms with van der Waals surface area (Å²) in [4.78, 5) is 2.38. The Morgan fingerprint density at radius 2 is 1.86 bits per heavy atom. The van der Waals surface area contributed by atoms with Gasteiger partial charge in [-0.2, -0.15) is 0 Å². The second kappa shape index (κ2) is 10.7. The van der Waals surface area contributed by atoms with Crippen molar-refractivity contribution in [2.75, 3.05) is 13.1 Å². The van der Waals surface area contributed by atoms with Crippen molar-refractivity contribution in [3.05, 3.63) is 77.4 Å². The molecule has 0 amide bonds. The first-order valence-corrected chi connectivity index (χ1v) is 10.0. The van der Waals surface area contributed by atoms with E-state index >= 15 is 0 Å². The molecule has 0 spiro atoms. The van der Waals surface area contributed by atoms with Crippen LogP contribution in [0.1, 0.15) is 44.4 Å². The topological polar surface area (TPSA) is 12.5 Å². The number of allylic oxidation sites excluding steroid dienone is 1. The van der Waals surface area contributed by atoms with Crippen molar-refractivity contribution in [2.24, 2.45) is 5.41 Å². The second-order valence-corrected chi connectivity index (χ2v) is 8.11. The molecular formula is C26H33NO. The van der Waals surface area contributed by atoms with E-state index < -0.39 is 0 Å². The normalized spacial score (nSPS) is 11.5. The van der Waals surface area contributed by atoms with E-state index in [0.717, 1.165) is 25.4 Å². The van der Waals surface area contributed by atoms with Crippen LogP contribution in [0.3, 0.4) is 0 Å². The van der Waals surface area contributed by atoms with Crippen molar-refractivity contribution in [3.63, 3.8) is 0 Å². The molecule has 148 valence electrons. The van der Waals surface area contributed by atoms with Crippen LogP contribution in [-0.4, -0.2) is 18.0 Å². The summed E-state index contributed by atoms with van der Waals surface area (Å²) < 4.78 is 6.02. The molecule has 2 heteroatoms. The summed E-state index contributed by atoms with van der Waals surface area (Å²) in [5.41, 5.74) is 3.80. The summed E-state index contributed by atoms with van der Waals surface area (Å²) in [5, 5.41) is 0. The molecule has 0 atom stereocenters. The van der Waals surface area contributed by atoms with Crippen LogP contribution in [0.4, 0.5) is 0 Å². The van der Waals surface area contributed by atoms with Crippen LogP contribution in [-0.2, 0) is 13.2 Å². The van der Waals surface area contributed by atoms with Gasteiger partial charge in [-0.25, -0.2) is 0 Å². The highest BCUT2D eigenvalue weighted by Gasteiger charge is 2.05. The zero-order valence-electron chi connectivity index (χ0n) is 18.0. The largest absolute Gasteiger partial charge is 0.489 e. The summed E-state index contributed by atoms with van der Waals surface area (Å²) in [7, 11) is 0. The molecule has 0 bridgehead atoms. The SMILES string of the molecule is CCN(CC=CC#CC(C)(C)C)Cc1cccc(OCc2ccccc2C)c1. The molecule has 0 heterocycles. The Balaban J connectivity index is 1.91. The van der Waals surface area contributed by atoms with Gasteiger partial charge in [0.25, 0.3) is 0 Å². The number of hydrogen-bond donors (Lipinski definition) is 0. The number of hydrogen-bond acceptors (Lipinski definition) is 2. The summed E-state index contributed by atoms with van der Waals surface area (Å²) >= 11 is 0. The molecule has 0 saturated heterocycles. The Morgan fingerprint density at radius 1 is 1.07 bits per heavy atom. The molecular weight excluding hydrogens is 342 g/mol. The predicted octanol–water partition coefficient (Wildman–Crippen LogP) is 6.00. The smallest absolute Gasteiger partial charge is 0.120 e. The van der Waals surface area contributed by atoms with E-state index in [-0.39, 0.29) is 5.41 Å². The standard InChI is InChI=1S/C26H33NO/c1-6-27(18-11-7-10-17-26(3,4)5)20-23-14-12-16-25(19-23)28-21-24-15-9-8-13-22(24)2/h7-9,11-16,19H,6,18,20-21H2,1-5H3. The van der Waals surface area contributed by atoms with E-state index in [2.05, 4.69) is 99.9 Å². The van der Waals surface area contributed by atoms with Crippen molar-refractivity contribution in [2.45, 2.75) is 47.8 Å². The molecule has 2 nitrogen and oxygen atoms in total. The van der Waals surface area contributed by atoms with Gasteiger partial charge in [-0.1, -0.05) is 61.2 Å². The first-order valence-electron chi connectivity index (χ1n) is 10.0. The van der Waals surface area contributed by atoms with Gasteiger partial charge in [0.1, 0.15) is 12.4 Å². The Bertz CT molecular complexity index is 833. The average Bonchev–Trinajstić information content (AvgIpc) is 2.65. The fourth-order valence-corrected chi connectivity index (χ4v) is 2.75. The van der Waals surface area contributed by atoms with Gasteiger partial charge in [-0.15, -0.1) is 0 Å². The maximum atomic E-state index is 6.02. The van der Waals surface area contributed by atoms with Crippen LogP contribution in [0.25, 0.3) is 0 Å². The summed E-state index contributed by atoms with van der Waals surface area (Å²) in [5.74, 6) is 7.29. The minimum Gasteiger partial charge on any atom is -0.489 e. The van der Waals surface area contributed by atoms with Gasteiger partial charge < -0.3 is 4.74 Å². The van der Waals surface area contributed by atoms with E-state index in [1.165, 1.54) is 16.7 Å². The summed E-state index contributed by atoms with van der Waals surface area (Å²) in [6, 6.07) is 16.8. The average molecular weight is 376 g/mol. The predicted molar refractivity (Wildman–Crippen MR) is 119 cm³/mol. The monoisotopic (exact) mass is 375 g/mol. The Morgan fingerprint density at radius 3 is 2.57 bits per heavy atom. The maximum Gasteiger partial charge on any atom is 0.120 e. The molecule has 0 aromatic heterocycles. The molecule has 0 radical (unpaired) electrons. The summed E-state index contributed by atoms with van der Waals surface area (Å²) in [6.45, 7) is 14.1. The van der Waals surface area contributed by atoms with E-state index in [9.17, 15) is 0 Å². The second-order valence-electron chi connectivity index (χ2n) is 8.11. The van der Waals surface area contributed by atoms with Gasteiger partial charge >= 0.3 is 0 Å².